The summed E-state index contributed by atoms with van der Waals surface area (Å²) in [5.41, 5.74) is -0.139. The maximum absolute atomic E-state index is 12.0. The highest BCUT2D eigenvalue weighted by molar-refractivity contribution is 6.00. The summed E-state index contributed by atoms with van der Waals surface area (Å²) in [5.74, 6) is -0.707. The van der Waals surface area contributed by atoms with E-state index in [1.54, 1.807) is 6.07 Å². The number of ether oxygens (including phenoxy) is 1. The van der Waals surface area contributed by atoms with Gasteiger partial charge in [-0.25, -0.2) is 9.59 Å². The highest BCUT2D eigenvalue weighted by Crippen LogP contribution is 2.22. The largest absolute Gasteiger partial charge is 0.497 e. The lowest BCUT2D eigenvalue weighted by molar-refractivity contribution is 0.0697. The van der Waals surface area contributed by atoms with E-state index >= 15 is 0 Å². The highest BCUT2D eigenvalue weighted by atomic mass is 16.5. The molecule has 3 N–H and O–H groups in total. The molecule has 6 nitrogen and oxygen atoms in total. The second-order valence-corrected chi connectivity index (χ2v) is 5.43. The highest BCUT2D eigenvalue weighted by Gasteiger charge is 2.20. The van der Waals surface area contributed by atoms with E-state index in [2.05, 4.69) is 10.6 Å². The van der Waals surface area contributed by atoms with Gasteiger partial charge in [-0.15, -0.1) is 0 Å². The van der Waals surface area contributed by atoms with Gasteiger partial charge in [0.1, 0.15) is 5.75 Å². The van der Waals surface area contributed by atoms with E-state index < -0.39 is 12.0 Å². The molecule has 0 spiro atoms. The van der Waals surface area contributed by atoms with Crippen LogP contribution in [-0.2, 0) is 0 Å². The van der Waals surface area contributed by atoms with Gasteiger partial charge in [0.05, 0.1) is 18.4 Å². The number of amides is 2. The fraction of sp³-hybridized carbons (Fsp3) is 0.467. The number of nitrogens with one attached hydrogen (secondary N) is 2. The topological polar surface area (TPSA) is 87.7 Å². The predicted octanol–water partition coefficient (Wildman–Crippen LogP) is 3.09. The molecular formula is C15H22N2O4. The van der Waals surface area contributed by atoms with Crippen LogP contribution in [0, 0.1) is 0 Å². The first-order valence-electron chi connectivity index (χ1n) is 6.79. The lowest BCUT2D eigenvalue weighted by Crippen LogP contribution is -2.45. The van der Waals surface area contributed by atoms with Gasteiger partial charge in [-0.05, 0) is 38.5 Å². The fourth-order valence-corrected chi connectivity index (χ4v) is 2.08. The summed E-state index contributed by atoms with van der Waals surface area (Å²) in [6.07, 6.45) is 1.77. The van der Waals surface area contributed by atoms with Crippen LogP contribution in [0.2, 0.25) is 0 Å². The Kier molecular flexibility index (Phi) is 5.58. The van der Waals surface area contributed by atoms with E-state index in [1.807, 2.05) is 20.8 Å². The van der Waals surface area contributed by atoms with E-state index in [9.17, 15) is 14.7 Å². The summed E-state index contributed by atoms with van der Waals surface area (Å²) in [6.45, 7) is 5.87. The zero-order valence-electron chi connectivity index (χ0n) is 12.8. The Balaban J connectivity index is 2.87. The van der Waals surface area contributed by atoms with Crippen LogP contribution in [0.4, 0.5) is 10.5 Å². The van der Waals surface area contributed by atoms with Crippen molar-refractivity contribution in [3.8, 4) is 5.75 Å². The van der Waals surface area contributed by atoms with E-state index in [0.717, 1.165) is 12.8 Å². The van der Waals surface area contributed by atoms with Crippen LogP contribution in [0.15, 0.2) is 18.2 Å². The Morgan fingerprint density at radius 2 is 2.00 bits per heavy atom. The molecule has 0 atom stereocenters. The lowest BCUT2D eigenvalue weighted by atomic mass is 9.99. The van der Waals surface area contributed by atoms with Crippen LogP contribution in [0.25, 0.3) is 0 Å². The maximum atomic E-state index is 12.0. The van der Waals surface area contributed by atoms with E-state index in [0.29, 0.717) is 5.75 Å². The minimum absolute atomic E-state index is 0.0159. The minimum Gasteiger partial charge on any atom is -0.497 e. The number of hydrogen-bond acceptors (Lipinski definition) is 3. The molecule has 6 heteroatoms. The zero-order valence-corrected chi connectivity index (χ0v) is 12.8. The molecule has 0 heterocycles. The molecule has 2 amide bonds. The van der Waals surface area contributed by atoms with Crippen molar-refractivity contribution in [1.29, 1.82) is 0 Å². The molecule has 0 aliphatic carbocycles. The van der Waals surface area contributed by atoms with Gasteiger partial charge in [0, 0.05) is 5.54 Å². The van der Waals surface area contributed by atoms with E-state index in [1.165, 1.54) is 19.2 Å². The quantitative estimate of drug-likeness (QED) is 0.752. The molecule has 0 bridgehead atoms. The van der Waals surface area contributed by atoms with Crippen LogP contribution in [-0.4, -0.2) is 29.8 Å². The number of hydrogen-bond donors (Lipinski definition) is 3. The summed E-state index contributed by atoms with van der Waals surface area (Å²) in [7, 11) is 1.45. The molecule has 0 aliphatic rings. The number of carbonyl (C=O) groups excluding carboxylic acids is 1. The summed E-state index contributed by atoms with van der Waals surface area (Å²) in [4.78, 5) is 23.2. The normalized spacial score (nSPS) is 10.9. The molecule has 0 aromatic heterocycles. The number of methoxy groups -OCH3 is 1. The molecule has 0 saturated carbocycles. The standard InChI is InChI=1S/C15H22N2O4/c1-5-8-15(2,3)17-14(20)16-12-7-6-10(21-4)9-11(12)13(18)19/h6-7,9H,5,8H2,1-4H3,(H,18,19)(H2,16,17,20). The molecule has 1 aromatic carbocycles. The molecule has 21 heavy (non-hydrogen) atoms. The summed E-state index contributed by atoms with van der Waals surface area (Å²) in [6, 6.07) is 4.05. The third-order valence-electron chi connectivity index (χ3n) is 3.03. The van der Waals surface area contributed by atoms with Crippen molar-refractivity contribution in [2.45, 2.75) is 39.2 Å². The van der Waals surface area contributed by atoms with E-state index in [4.69, 9.17) is 4.74 Å². The van der Waals surface area contributed by atoms with Gasteiger partial charge in [0.2, 0.25) is 0 Å². The van der Waals surface area contributed by atoms with Crippen molar-refractivity contribution >= 4 is 17.7 Å². The van der Waals surface area contributed by atoms with Gasteiger partial charge in [0.25, 0.3) is 0 Å². The number of rotatable bonds is 6. The van der Waals surface area contributed by atoms with E-state index in [-0.39, 0.29) is 16.8 Å². The van der Waals surface area contributed by atoms with Gasteiger partial charge >= 0.3 is 12.0 Å². The first-order valence-corrected chi connectivity index (χ1v) is 6.79. The zero-order chi connectivity index (χ0) is 16.0. The first kappa shape index (κ1) is 16.8. The Bertz CT molecular complexity index is 526. The molecule has 0 saturated heterocycles. The fourth-order valence-electron chi connectivity index (χ4n) is 2.08. The lowest BCUT2D eigenvalue weighted by Gasteiger charge is -2.26. The third kappa shape index (κ3) is 4.98. The predicted molar refractivity (Wildman–Crippen MR) is 81.1 cm³/mol. The van der Waals surface area contributed by atoms with Gasteiger partial charge < -0.3 is 20.5 Å². The average molecular weight is 294 g/mol. The monoisotopic (exact) mass is 294 g/mol. The van der Waals surface area contributed by atoms with Crippen LogP contribution < -0.4 is 15.4 Å². The Hall–Kier alpha value is -2.24. The first-order chi connectivity index (χ1) is 9.79. The molecule has 0 unspecified atom stereocenters. The Morgan fingerprint density at radius 1 is 1.33 bits per heavy atom. The summed E-state index contributed by atoms with van der Waals surface area (Å²) < 4.78 is 4.99. The number of anilines is 1. The van der Waals surface area contributed by atoms with Gasteiger partial charge in [-0.1, -0.05) is 13.3 Å². The van der Waals surface area contributed by atoms with Crippen molar-refractivity contribution < 1.29 is 19.4 Å². The second-order valence-electron chi connectivity index (χ2n) is 5.43. The number of carboxylic acids is 1. The SMILES string of the molecule is CCCC(C)(C)NC(=O)Nc1ccc(OC)cc1C(=O)O. The number of carbonyl (C=O) groups is 2. The average Bonchev–Trinajstić information content (AvgIpc) is 2.37. The number of aromatic carboxylic acids is 1. The molecule has 1 aromatic rings. The van der Waals surface area contributed by atoms with Crippen molar-refractivity contribution in [3.05, 3.63) is 23.8 Å². The molecule has 0 aliphatic heterocycles. The van der Waals surface area contributed by atoms with Crippen LogP contribution in [0.3, 0.4) is 0 Å². The number of carboxylic acid groups (broad SMARTS) is 1. The number of benzene rings is 1. The molecular weight excluding hydrogens is 272 g/mol. The summed E-state index contributed by atoms with van der Waals surface area (Å²) >= 11 is 0. The van der Waals surface area contributed by atoms with Crippen molar-refractivity contribution in [1.82, 2.24) is 5.32 Å². The number of urea groups is 1. The van der Waals surface area contributed by atoms with Gasteiger partial charge in [-0.3, -0.25) is 0 Å². The molecule has 116 valence electrons. The summed E-state index contributed by atoms with van der Waals surface area (Å²) in [5, 5.41) is 14.6. The molecule has 0 radical (unpaired) electrons. The minimum atomic E-state index is -1.13. The maximum Gasteiger partial charge on any atom is 0.337 e. The van der Waals surface area contributed by atoms with Crippen LogP contribution in [0.5, 0.6) is 5.75 Å². The molecule has 0 fully saturated rings. The van der Waals surface area contributed by atoms with Crippen molar-refractivity contribution in [2.75, 3.05) is 12.4 Å². The Labute approximate surface area is 124 Å². The van der Waals surface area contributed by atoms with Crippen LogP contribution >= 0.6 is 0 Å². The third-order valence-corrected chi connectivity index (χ3v) is 3.03. The van der Waals surface area contributed by atoms with Gasteiger partial charge in [0.15, 0.2) is 0 Å². The second kappa shape index (κ2) is 6.97. The Morgan fingerprint density at radius 3 is 2.52 bits per heavy atom. The van der Waals surface area contributed by atoms with Crippen molar-refractivity contribution in [2.24, 2.45) is 0 Å². The van der Waals surface area contributed by atoms with Crippen molar-refractivity contribution in [3.63, 3.8) is 0 Å². The smallest absolute Gasteiger partial charge is 0.337 e. The van der Waals surface area contributed by atoms with Gasteiger partial charge in [-0.2, -0.15) is 0 Å². The molecule has 1 rings (SSSR count). The van der Waals surface area contributed by atoms with Crippen LogP contribution in [0.1, 0.15) is 44.0 Å².